The van der Waals surface area contributed by atoms with Gasteiger partial charge >= 0.3 is 0 Å². The Morgan fingerprint density at radius 3 is 2.39 bits per heavy atom. The van der Waals surface area contributed by atoms with Crippen LogP contribution in [0.1, 0.15) is 65.2 Å². The molecular formula is C23H29N3OS. The molecule has 4 nitrogen and oxygen atoms in total. The molecule has 0 aliphatic heterocycles. The number of carbonyl (C=O) groups excluding carboxylic acids is 1. The largest absolute Gasteiger partial charge is 0.344 e. The molecule has 0 saturated carbocycles. The second-order valence-electron chi connectivity index (χ2n) is 7.44. The van der Waals surface area contributed by atoms with Gasteiger partial charge in [0, 0.05) is 23.2 Å². The number of nitrogens with zero attached hydrogens (tertiary/aromatic N) is 2. The first kappa shape index (κ1) is 20.3. The summed E-state index contributed by atoms with van der Waals surface area (Å²) in [4.78, 5) is 14.0. The Bertz CT molecular complexity index is 926. The van der Waals surface area contributed by atoms with E-state index >= 15 is 0 Å². The third-order valence-corrected chi connectivity index (χ3v) is 6.52. The molecule has 0 aliphatic carbocycles. The van der Waals surface area contributed by atoms with E-state index in [1.165, 1.54) is 5.56 Å². The normalized spacial score (nSPS) is 13.3. The highest BCUT2D eigenvalue weighted by molar-refractivity contribution is 7.10. The van der Waals surface area contributed by atoms with Crippen LogP contribution < -0.4 is 5.32 Å². The van der Waals surface area contributed by atoms with Crippen LogP contribution in [0.5, 0.6) is 0 Å². The van der Waals surface area contributed by atoms with Crippen LogP contribution in [0, 0.1) is 13.8 Å². The number of amides is 1. The van der Waals surface area contributed by atoms with Gasteiger partial charge in [-0.25, -0.2) is 0 Å². The van der Waals surface area contributed by atoms with Gasteiger partial charge in [-0.1, -0.05) is 44.2 Å². The molecule has 2 aromatic heterocycles. The topological polar surface area (TPSA) is 46.9 Å². The van der Waals surface area contributed by atoms with Crippen LogP contribution >= 0.6 is 11.3 Å². The van der Waals surface area contributed by atoms with Crippen LogP contribution in [0.15, 0.2) is 41.8 Å². The van der Waals surface area contributed by atoms with Crippen LogP contribution in [0.3, 0.4) is 0 Å². The standard InChI is InChI=1S/C23H29N3OS/c1-6-15(2)18-9-11-19(12-10-18)23(21-8-7-13-28-21)24-22(27)14-20-16(3)25-26(5)17(20)4/h7-13,15,23H,6,14H2,1-5H3,(H,24,27). The molecule has 2 heterocycles. The first-order valence-corrected chi connectivity index (χ1v) is 10.7. The lowest BCUT2D eigenvalue weighted by molar-refractivity contribution is -0.120. The molecule has 2 atom stereocenters. The maximum Gasteiger partial charge on any atom is 0.225 e. The fourth-order valence-corrected chi connectivity index (χ4v) is 4.28. The van der Waals surface area contributed by atoms with E-state index in [0.717, 1.165) is 33.8 Å². The zero-order valence-electron chi connectivity index (χ0n) is 17.3. The SMILES string of the molecule is CCC(C)c1ccc(C(NC(=O)Cc2c(C)nn(C)c2C)c2cccs2)cc1. The van der Waals surface area contributed by atoms with Gasteiger partial charge in [-0.2, -0.15) is 5.10 Å². The molecule has 148 valence electrons. The highest BCUT2D eigenvalue weighted by atomic mass is 32.1. The minimum atomic E-state index is -0.129. The Hall–Kier alpha value is -2.40. The summed E-state index contributed by atoms with van der Waals surface area (Å²) in [5.41, 5.74) is 5.42. The number of hydrogen-bond acceptors (Lipinski definition) is 3. The summed E-state index contributed by atoms with van der Waals surface area (Å²) < 4.78 is 1.84. The Kier molecular flexibility index (Phi) is 6.35. The van der Waals surface area contributed by atoms with Crippen molar-refractivity contribution in [2.24, 2.45) is 7.05 Å². The lowest BCUT2D eigenvalue weighted by atomic mass is 9.95. The number of aryl methyl sites for hydroxylation is 2. The zero-order chi connectivity index (χ0) is 20.3. The number of nitrogens with one attached hydrogen (secondary N) is 1. The lowest BCUT2D eigenvalue weighted by Gasteiger charge is -2.19. The zero-order valence-corrected chi connectivity index (χ0v) is 18.1. The van der Waals surface area contributed by atoms with Crippen molar-refractivity contribution in [2.75, 3.05) is 0 Å². The van der Waals surface area contributed by atoms with Gasteiger partial charge in [0.15, 0.2) is 0 Å². The molecule has 1 aromatic carbocycles. The van der Waals surface area contributed by atoms with Crippen LogP contribution in [-0.2, 0) is 18.3 Å². The van der Waals surface area contributed by atoms with E-state index in [2.05, 4.69) is 60.0 Å². The van der Waals surface area contributed by atoms with Crippen molar-refractivity contribution in [1.82, 2.24) is 15.1 Å². The van der Waals surface area contributed by atoms with Crippen molar-refractivity contribution < 1.29 is 4.79 Å². The van der Waals surface area contributed by atoms with Gasteiger partial charge in [0.2, 0.25) is 5.91 Å². The van der Waals surface area contributed by atoms with Crippen molar-refractivity contribution in [3.8, 4) is 0 Å². The molecule has 0 saturated heterocycles. The predicted molar refractivity (Wildman–Crippen MR) is 116 cm³/mol. The van der Waals surface area contributed by atoms with Gasteiger partial charge < -0.3 is 5.32 Å². The van der Waals surface area contributed by atoms with E-state index in [1.54, 1.807) is 11.3 Å². The summed E-state index contributed by atoms with van der Waals surface area (Å²) >= 11 is 1.67. The van der Waals surface area contributed by atoms with Gasteiger partial charge in [0.05, 0.1) is 18.2 Å². The first-order chi connectivity index (χ1) is 13.4. The number of aromatic nitrogens is 2. The summed E-state index contributed by atoms with van der Waals surface area (Å²) in [6, 6.07) is 12.6. The summed E-state index contributed by atoms with van der Waals surface area (Å²) in [6.07, 6.45) is 1.46. The average molecular weight is 396 g/mol. The van der Waals surface area contributed by atoms with Crippen LogP contribution in [0.4, 0.5) is 0 Å². The quantitative estimate of drug-likeness (QED) is 0.608. The third kappa shape index (κ3) is 4.36. The van der Waals surface area contributed by atoms with Crippen molar-refractivity contribution >= 4 is 17.2 Å². The molecule has 3 rings (SSSR count). The molecule has 2 unspecified atom stereocenters. The average Bonchev–Trinajstić information content (AvgIpc) is 3.30. The van der Waals surface area contributed by atoms with E-state index in [-0.39, 0.29) is 11.9 Å². The predicted octanol–water partition coefficient (Wildman–Crippen LogP) is 5.06. The highest BCUT2D eigenvalue weighted by Gasteiger charge is 2.20. The maximum atomic E-state index is 12.9. The van der Waals surface area contributed by atoms with E-state index < -0.39 is 0 Å². The van der Waals surface area contributed by atoms with Crippen LogP contribution in [0.2, 0.25) is 0 Å². The molecule has 0 fully saturated rings. The molecule has 0 radical (unpaired) electrons. The van der Waals surface area contributed by atoms with Crippen molar-refractivity contribution in [3.05, 3.63) is 74.7 Å². The van der Waals surface area contributed by atoms with Gasteiger partial charge in [-0.15, -0.1) is 11.3 Å². The molecule has 0 bridgehead atoms. The van der Waals surface area contributed by atoms with Gasteiger partial charge in [-0.3, -0.25) is 9.48 Å². The monoisotopic (exact) mass is 395 g/mol. The fraction of sp³-hybridized carbons (Fsp3) is 0.391. The summed E-state index contributed by atoms with van der Waals surface area (Å²) in [5, 5.41) is 9.72. The van der Waals surface area contributed by atoms with E-state index in [4.69, 9.17) is 0 Å². The molecule has 1 N–H and O–H groups in total. The molecule has 28 heavy (non-hydrogen) atoms. The van der Waals surface area contributed by atoms with E-state index in [9.17, 15) is 4.79 Å². The van der Waals surface area contributed by atoms with Crippen molar-refractivity contribution in [1.29, 1.82) is 0 Å². The number of carbonyl (C=O) groups is 1. The Morgan fingerprint density at radius 2 is 1.86 bits per heavy atom. The maximum absolute atomic E-state index is 12.9. The summed E-state index contributed by atoms with van der Waals surface area (Å²) in [5.74, 6) is 0.559. The molecule has 3 aromatic rings. The Morgan fingerprint density at radius 1 is 1.18 bits per heavy atom. The lowest BCUT2D eigenvalue weighted by Crippen LogP contribution is -2.30. The van der Waals surface area contributed by atoms with Gasteiger partial charge in [-0.05, 0) is 48.8 Å². The second kappa shape index (κ2) is 8.74. The molecular weight excluding hydrogens is 366 g/mol. The van der Waals surface area contributed by atoms with E-state index in [1.807, 2.05) is 31.6 Å². The smallest absolute Gasteiger partial charge is 0.225 e. The third-order valence-electron chi connectivity index (χ3n) is 5.58. The second-order valence-corrected chi connectivity index (χ2v) is 8.42. The van der Waals surface area contributed by atoms with Crippen molar-refractivity contribution in [3.63, 3.8) is 0 Å². The van der Waals surface area contributed by atoms with Gasteiger partial charge in [0.25, 0.3) is 0 Å². The Labute approximate surface area is 171 Å². The number of hydrogen-bond donors (Lipinski definition) is 1. The molecule has 0 spiro atoms. The molecule has 0 aliphatic rings. The minimum Gasteiger partial charge on any atom is -0.344 e. The number of benzene rings is 1. The number of thiophene rings is 1. The number of rotatable bonds is 7. The van der Waals surface area contributed by atoms with Crippen LogP contribution in [-0.4, -0.2) is 15.7 Å². The minimum absolute atomic E-state index is 0.0172. The first-order valence-electron chi connectivity index (χ1n) is 9.82. The molecule has 5 heteroatoms. The summed E-state index contributed by atoms with van der Waals surface area (Å²) in [6.45, 7) is 8.41. The summed E-state index contributed by atoms with van der Waals surface area (Å²) in [7, 11) is 1.91. The van der Waals surface area contributed by atoms with Gasteiger partial charge in [0.1, 0.15) is 0 Å². The van der Waals surface area contributed by atoms with Crippen LogP contribution in [0.25, 0.3) is 0 Å². The Balaban J connectivity index is 1.82. The van der Waals surface area contributed by atoms with E-state index in [0.29, 0.717) is 12.3 Å². The molecule has 1 amide bonds. The fourth-order valence-electron chi connectivity index (χ4n) is 3.47. The highest BCUT2D eigenvalue weighted by Crippen LogP contribution is 2.28. The van der Waals surface area contributed by atoms with Crippen molar-refractivity contribution in [2.45, 2.75) is 52.5 Å².